The Bertz CT molecular complexity index is 553. The van der Waals surface area contributed by atoms with E-state index in [0.717, 1.165) is 45.6 Å². The molecule has 5 heteroatoms. The molecule has 0 radical (unpaired) electrons. The molecule has 2 rings (SSSR count). The maximum absolute atomic E-state index is 13.0. The molecule has 1 fully saturated rings. The molecule has 0 spiro atoms. The van der Waals surface area contributed by atoms with Crippen LogP contribution in [0.15, 0.2) is 30.3 Å². The number of hydrogen-bond acceptors (Lipinski definition) is 3. The number of benzene rings is 1. The van der Waals surface area contributed by atoms with E-state index in [2.05, 4.69) is 24.1 Å². The van der Waals surface area contributed by atoms with Crippen LogP contribution in [0.2, 0.25) is 0 Å². The summed E-state index contributed by atoms with van der Waals surface area (Å²) in [5.74, 6) is -0.0208. The first-order valence-electron chi connectivity index (χ1n) is 9.43. The minimum absolute atomic E-state index is 0.0507. The van der Waals surface area contributed by atoms with E-state index in [1.165, 1.54) is 0 Å². The predicted molar refractivity (Wildman–Crippen MR) is 100 cm³/mol. The van der Waals surface area contributed by atoms with Crippen molar-refractivity contribution in [1.29, 1.82) is 0 Å². The van der Waals surface area contributed by atoms with Crippen LogP contribution < -0.4 is 5.32 Å². The fraction of sp³-hybridized carbons (Fsp3) is 0.600. The van der Waals surface area contributed by atoms with Crippen molar-refractivity contribution in [3.8, 4) is 0 Å². The van der Waals surface area contributed by atoms with Gasteiger partial charge in [-0.15, -0.1) is 0 Å². The van der Waals surface area contributed by atoms with Gasteiger partial charge in [-0.05, 0) is 31.0 Å². The first kappa shape index (κ1) is 19.4. The van der Waals surface area contributed by atoms with Gasteiger partial charge < -0.3 is 10.2 Å². The zero-order valence-corrected chi connectivity index (χ0v) is 15.7. The summed E-state index contributed by atoms with van der Waals surface area (Å²) in [6.07, 6.45) is 1.98. The molecule has 1 saturated heterocycles. The molecule has 25 heavy (non-hydrogen) atoms. The van der Waals surface area contributed by atoms with Crippen LogP contribution in [-0.4, -0.2) is 60.4 Å². The van der Waals surface area contributed by atoms with E-state index < -0.39 is 6.04 Å². The van der Waals surface area contributed by atoms with E-state index in [4.69, 9.17) is 0 Å². The average molecular weight is 345 g/mol. The van der Waals surface area contributed by atoms with E-state index >= 15 is 0 Å². The largest absolute Gasteiger partial charge is 0.340 e. The van der Waals surface area contributed by atoms with Gasteiger partial charge in [0, 0.05) is 31.7 Å². The zero-order chi connectivity index (χ0) is 18.2. The van der Waals surface area contributed by atoms with Crippen LogP contribution in [-0.2, 0) is 4.79 Å². The summed E-state index contributed by atoms with van der Waals surface area (Å²) in [6, 6.07) is 8.64. The number of piperazine rings is 1. The van der Waals surface area contributed by atoms with E-state index in [1.807, 2.05) is 30.0 Å². The third-order valence-corrected chi connectivity index (χ3v) is 5.03. The second kappa shape index (κ2) is 9.56. The number of nitrogens with zero attached hydrogens (tertiary/aromatic N) is 2. The van der Waals surface area contributed by atoms with Crippen LogP contribution in [0.5, 0.6) is 0 Å². The van der Waals surface area contributed by atoms with Crippen molar-refractivity contribution in [1.82, 2.24) is 15.1 Å². The fourth-order valence-corrected chi connectivity index (χ4v) is 3.20. The minimum atomic E-state index is -0.463. The van der Waals surface area contributed by atoms with Crippen LogP contribution >= 0.6 is 0 Å². The van der Waals surface area contributed by atoms with Gasteiger partial charge in [-0.25, -0.2) is 0 Å². The highest BCUT2D eigenvalue weighted by Crippen LogP contribution is 2.14. The third-order valence-electron chi connectivity index (χ3n) is 5.03. The lowest BCUT2D eigenvalue weighted by molar-refractivity contribution is -0.136. The maximum atomic E-state index is 13.0. The van der Waals surface area contributed by atoms with Gasteiger partial charge in [0.1, 0.15) is 6.04 Å². The van der Waals surface area contributed by atoms with Crippen molar-refractivity contribution >= 4 is 11.8 Å². The highest BCUT2D eigenvalue weighted by atomic mass is 16.2. The Morgan fingerprint density at radius 1 is 1.08 bits per heavy atom. The predicted octanol–water partition coefficient (Wildman–Crippen LogP) is 2.39. The van der Waals surface area contributed by atoms with Crippen molar-refractivity contribution in [2.24, 2.45) is 5.92 Å². The standard InChI is InChI=1S/C20H31N3O2/c1-4-11-22-12-14-23(15-13-22)20(25)18(16(3)5-2)21-19(24)17-9-7-6-8-10-17/h6-10,16,18H,4-5,11-15H2,1-3H3,(H,21,24)/t16-,18+/m1/s1. The van der Waals surface area contributed by atoms with Gasteiger partial charge >= 0.3 is 0 Å². The lowest BCUT2D eigenvalue weighted by Crippen LogP contribution is -2.56. The van der Waals surface area contributed by atoms with Gasteiger partial charge in [0.05, 0.1) is 0 Å². The molecule has 1 heterocycles. The Labute approximate surface area is 151 Å². The second-order valence-corrected chi connectivity index (χ2v) is 6.87. The molecule has 1 aliphatic rings. The summed E-state index contributed by atoms with van der Waals surface area (Å²) in [5, 5.41) is 2.97. The maximum Gasteiger partial charge on any atom is 0.251 e. The number of carbonyl (C=O) groups is 2. The molecule has 1 N–H and O–H groups in total. The number of carbonyl (C=O) groups excluding carboxylic acids is 2. The van der Waals surface area contributed by atoms with Crippen LogP contribution in [0.1, 0.15) is 44.0 Å². The van der Waals surface area contributed by atoms with Gasteiger partial charge in [-0.3, -0.25) is 14.5 Å². The Balaban J connectivity index is 2.02. The van der Waals surface area contributed by atoms with Crippen molar-refractivity contribution in [3.05, 3.63) is 35.9 Å². The lowest BCUT2D eigenvalue weighted by atomic mass is 9.97. The van der Waals surface area contributed by atoms with Gasteiger partial charge in [0.2, 0.25) is 5.91 Å². The van der Waals surface area contributed by atoms with Gasteiger partial charge in [0.25, 0.3) is 5.91 Å². The number of hydrogen-bond donors (Lipinski definition) is 1. The van der Waals surface area contributed by atoms with Crippen molar-refractivity contribution < 1.29 is 9.59 Å². The Morgan fingerprint density at radius 3 is 2.28 bits per heavy atom. The van der Waals surface area contributed by atoms with Crippen LogP contribution in [0, 0.1) is 5.92 Å². The summed E-state index contributed by atoms with van der Waals surface area (Å²) < 4.78 is 0. The summed E-state index contributed by atoms with van der Waals surface area (Å²) >= 11 is 0. The zero-order valence-electron chi connectivity index (χ0n) is 15.7. The molecule has 2 amide bonds. The molecular formula is C20H31N3O2. The SMILES string of the molecule is CCCN1CCN(C(=O)[C@@H](NC(=O)c2ccccc2)[C@H](C)CC)CC1. The van der Waals surface area contributed by atoms with E-state index in [1.54, 1.807) is 12.1 Å². The van der Waals surface area contributed by atoms with E-state index in [0.29, 0.717) is 5.56 Å². The smallest absolute Gasteiger partial charge is 0.251 e. The van der Waals surface area contributed by atoms with Crippen LogP contribution in [0.3, 0.4) is 0 Å². The molecule has 0 bridgehead atoms. The topological polar surface area (TPSA) is 52.6 Å². The van der Waals surface area contributed by atoms with Crippen molar-refractivity contribution in [2.75, 3.05) is 32.7 Å². The van der Waals surface area contributed by atoms with Crippen LogP contribution in [0.4, 0.5) is 0 Å². The summed E-state index contributed by atoms with van der Waals surface area (Å²) in [4.78, 5) is 29.8. The van der Waals surface area contributed by atoms with Gasteiger partial charge in [-0.1, -0.05) is 45.4 Å². The second-order valence-electron chi connectivity index (χ2n) is 6.87. The van der Waals surface area contributed by atoms with Crippen LogP contribution in [0.25, 0.3) is 0 Å². The first-order valence-corrected chi connectivity index (χ1v) is 9.43. The Hall–Kier alpha value is -1.88. The fourth-order valence-electron chi connectivity index (χ4n) is 3.20. The summed E-state index contributed by atoms with van der Waals surface area (Å²) in [7, 11) is 0. The number of rotatable bonds is 7. The van der Waals surface area contributed by atoms with Gasteiger partial charge in [0.15, 0.2) is 0 Å². The molecule has 138 valence electrons. The molecule has 0 aromatic heterocycles. The van der Waals surface area contributed by atoms with E-state index in [9.17, 15) is 9.59 Å². The highest BCUT2D eigenvalue weighted by molar-refractivity contribution is 5.97. The molecule has 5 nitrogen and oxygen atoms in total. The van der Waals surface area contributed by atoms with Gasteiger partial charge in [-0.2, -0.15) is 0 Å². The van der Waals surface area contributed by atoms with E-state index in [-0.39, 0.29) is 17.7 Å². The summed E-state index contributed by atoms with van der Waals surface area (Å²) in [6.45, 7) is 10.7. The highest BCUT2D eigenvalue weighted by Gasteiger charge is 2.31. The normalized spacial score (nSPS) is 17.8. The molecule has 1 aliphatic heterocycles. The molecule has 0 saturated carbocycles. The molecule has 1 aromatic carbocycles. The minimum Gasteiger partial charge on any atom is -0.340 e. The number of amides is 2. The molecule has 2 atom stereocenters. The molecule has 1 aromatic rings. The monoisotopic (exact) mass is 345 g/mol. The first-order chi connectivity index (χ1) is 12.1. The lowest BCUT2D eigenvalue weighted by Gasteiger charge is -2.37. The average Bonchev–Trinajstić information content (AvgIpc) is 2.66. The molecule has 0 aliphatic carbocycles. The third kappa shape index (κ3) is 5.30. The molecule has 0 unspecified atom stereocenters. The Kier molecular flexibility index (Phi) is 7.44. The van der Waals surface area contributed by atoms with Crippen molar-refractivity contribution in [2.45, 2.75) is 39.7 Å². The Morgan fingerprint density at radius 2 is 1.72 bits per heavy atom. The summed E-state index contributed by atoms with van der Waals surface area (Å²) in [5.41, 5.74) is 0.594. The van der Waals surface area contributed by atoms with Crippen molar-refractivity contribution in [3.63, 3.8) is 0 Å². The number of nitrogens with one attached hydrogen (secondary N) is 1. The quantitative estimate of drug-likeness (QED) is 0.825. The molecular weight excluding hydrogens is 314 g/mol.